The van der Waals surface area contributed by atoms with E-state index >= 15 is 0 Å². The van der Waals surface area contributed by atoms with Gasteiger partial charge in [0.15, 0.2) is 0 Å². The van der Waals surface area contributed by atoms with Crippen molar-refractivity contribution in [3.05, 3.63) is 0 Å². The van der Waals surface area contributed by atoms with Crippen molar-refractivity contribution in [2.45, 2.75) is 56.7 Å². The molecule has 16 heavy (non-hydrogen) atoms. The third kappa shape index (κ3) is 2.27. The average Bonchev–Trinajstić information content (AvgIpc) is 2.96. The fraction of sp³-hybridized carbons (Fsp3) is 1.00. The molecule has 3 unspecified atom stereocenters. The highest BCUT2D eigenvalue weighted by Gasteiger charge is 2.35. The van der Waals surface area contributed by atoms with Gasteiger partial charge in [-0.2, -0.15) is 0 Å². The maximum Gasteiger partial charge on any atom is 0.0249 e. The predicted molar refractivity (Wildman–Crippen MR) is 66.6 cm³/mol. The van der Waals surface area contributed by atoms with Crippen LogP contribution in [0, 0.1) is 0 Å². The molecule has 0 radical (unpaired) electrons. The molecule has 0 saturated carbocycles. The summed E-state index contributed by atoms with van der Waals surface area (Å²) in [5.41, 5.74) is 0. The minimum absolute atomic E-state index is 0.748. The van der Waals surface area contributed by atoms with Gasteiger partial charge in [0, 0.05) is 31.2 Å². The van der Waals surface area contributed by atoms with E-state index in [1.807, 2.05) is 0 Å². The number of nitrogens with one attached hydrogen (secondary N) is 2. The molecule has 3 heterocycles. The molecule has 0 aromatic heterocycles. The zero-order valence-electron chi connectivity index (χ0n) is 10.3. The van der Waals surface area contributed by atoms with Crippen LogP contribution in [0.15, 0.2) is 0 Å². The summed E-state index contributed by atoms with van der Waals surface area (Å²) in [6.45, 7) is 5.10. The Bertz CT molecular complexity index is 225. The van der Waals surface area contributed by atoms with Crippen LogP contribution < -0.4 is 10.6 Å². The Kier molecular flexibility index (Phi) is 3.46. The molecular weight excluding hydrogens is 198 g/mol. The van der Waals surface area contributed by atoms with Gasteiger partial charge in [0.2, 0.25) is 0 Å². The Morgan fingerprint density at radius 1 is 1.06 bits per heavy atom. The zero-order chi connectivity index (χ0) is 10.8. The van der Waals surface area contributed by atoms with Crippen molar-refractivity contribution in [1.82, 2.24) is 15.5 Å². The first-order chi connectivity index (χ1) is 7.93. The minimum Gasteiger partial charge on any atom is -0.313 e. The summed E-state index contributed by atoms with van der Waals surface area (Å²) in [5.74, 6) is 0. The maximum absolute atomic E-state index is 3.82. The molecular formula is C13H25N3. The molecule has 3 atom stereocenters. The monoisotopic (exact) mass is 223 g/mol. The molecule has 3 nitrogen and oxygen atoms in total. The molecule has 3 aliphatic rings. The second kappa shape index (κ2) is 5.03. The highest BCUT2D eigenvalue weighted by atomic mass is 15.2. The maximum atomic E-state index is 3.82. The van der Waals surface area contributed by atoms with Crippen molar-refractivity contribution in [2.75, 3.05) is 26.2 Å². The van der Waals surface area contributed by atoms with Crippen LogP contribution in [0.5, 0.6) is 0 Å². The smallest absolute Gasteiger partial charge is 0.0249 e. The van der Waals surface area contributed by atoms with Crippen LogP contribution in [0.4, 0.5) is 0 Å². The first-order valence-electron chi connectivity index (χ1n) is 7.14. The molecule has 0 spiro atoms. The summed E-state index contributed by atoms with van der Waals surface area (Å²) in [5, 5.41) is 7.40. The molecule has 0 aliphatic carbocycles. The number of hydrogen-bond acceptors (Lipinski definition) is 3. The fourth-order valence-corrected chi connectivity index (χ4v) is 3.71. The molecule has 0 aromatic carbocycles. The van der Waals surface area contributed by atoms with Crippen molar-refractivity contribution in [1.29, 1.82) is 0 Å². The Hall–Kier alpha value is -0.120. The number of piperidine rings is 1. The Morgan fingerprint density at radius 3 is 2.94 bits per heavy atom. The lowest BCUT2D eigenvalue weighted by molar-refractivity contribution is 0.180. The van der Waals surface area contributed by atoms with Crippen molar-refractivity contribution >= 4 is 0 Å². The lowest BCUT2D eigenvalue weighted by atomic mass is 9.99. The standard InChI is InChI=1S/C13H25N3/c1-2-8-16-9-6-12(13(16)5-1)15-10-11-4-3-7-14-11/h11-15H,1-10H2. The van der Waals surface area contributed by atoms with Crippen LogP contribution in [-0.2, 0) is 0 Å². The van der Waals surface area contributed by atoms with Gasteiger partial charge in [-0.15, -0.1) is 0 Å². The molecule has 3 heteroatoms. The first-order valence-corrected chi connectivity index (χ1v) is 7.14. The van der Waals surface area contributed by atoms with Gasteiger partial charge in [-0.05, 0) is 45.2 Å². The van der Waals surface area contributed by atoms with E-state index in [1.54, 1.807) is 0 Å². The summed E-state index contributed by atoms with van der Waals surface area (Å²) >= 11 is 0. The zero-order valence-corrected chi connectivity index (χ0v) is 10.3. The van der Waals surface area contributed by atoms with Gasteiger partial charge in [0.25, 0.3) is 0 Å². The van der Waals surface area contributed by atoms with E-state index in [2.05, 4.69) is 15.5 Å². The average molecular weight is 223 g/mol. The Balaban J connectivity index is 1.47. The van der Waals surface area contributed by atoms with E-state index in [9.17, 15) is 0 Å². The lowest BCUT2D eigenvalue weighted by Gasteiger charge is -2.33. The topological polar surface area (TPSA) is 27.3 Å². The van der Waals surface area contributed by atoms with Crippen LogP contribution >= 0.6 is 0 Å². The number of hydrogen-bond donors (Lipinski definition) is 2. The molecule has 0 bridgehead atoms. The molecule has 0 aromatic rings. The normalized spacial score (nSPS) is 40.1. The van der Waals surface area contributed by atoms with Crippen molar-refractivity contribution in [3.8, 4) is 0 Å². The van der Waals surface area contributed by atoms with Crippen LogP contribution in [0.25, 0.3) is 0 Å². The van der Waals surface area contributed by atoms with Crippen molar-refractivity contribution in [3.63, 3.8) is 0 Å². The largest absolute Gasteiger partial charge is 0.313 e. The van der Waals surface area contributed by atoms with Gasteiger partial charge in [0.1, 0.15) is 0 Å². The third-order valence-corrected chi connectivity index (χ3v) is 4.64. The molecule has 3 fully saturated rings. The van der Waals surface area contributed by atoms with Crippen LogP contribution in [0.1, 0.15) is 38.5 Å². The van der Waals surface area contributed by atoms with E-state index in [1.165, 1.54) is 64.7 Å². The summed E-state index contributed by atoms with van der Waals surface area (Å²) in [7, 11) is 0. The Morgan fingerprint density at radius 2 is 2.06 bits per heavy atom. The number of fused-ring (bicyclic) bond motifs is 1. The van der Waals surface area contributed by atoms with Gasteiger partial charge < -0.3 is 10.6 Å². The van der Waals surface area contributed by atoms with Gasteiger partial charge >= 0.3 is 0 Å². The lowest BCUT2D eigenvalue weighted by Crippen LogP contribution is -2.47. The summed E-state index contributed by atoms with van der Waals surface area (Å²) in [6.07, 6.45) is 8.41. The highest BCUT2D eigenvalue weighted by molar-refractivity contribution is 4.94. The van der Waals surface area contributed by atoms with Crippen LogP contribution in [0.3, 0.4) is 0 Å². The van der Waals surface area contributed by atoms with E-state index in [0.717, 1.165) is 18.1 Å². The van der Waals surface area contributed by atoms with E-state index in [4.69, 9.17) is 0 Å². The predicted octanol–water partition coefficient (Wildman–Crippen LogP) is 0.955. The highest BCUT2D eigenvalue weighted by Crippen LogP contribution is 2.27. The van der Waals surface area contributed by atoms with Gasteiger partial charge in [-0.3, -0.25) is 4.90 Å². The number of nitrogens with zero attached hydrogens (tertiary/aromatic N) is 1. The van der Waals surface area contributed by atoms with Crippen molar-refractivity contribution in [2.24, 2.45) is 0 Å². The second-order valence-electron chi connectivity index (χ2n) is 5.70. The van der Waals surface area contributed by atoms with Gasteiger partial charge in [-0.25, -0.2) is 0 Å². The van der Waals surface area contributed by atoms with Gasteiger partial charge in [-0.1, -0.05) is 6.42 Å². The van der Waals surface area contributed by atoms with Crippen molar-refractivity contribution < 1.29 is 0 Å². The van der Waals surface area contributed by atoms with E-state index in [0.29, 0.717) is 0 Å². The van der Waals surface area contributed by atoms with Crippen LogP contribution in [0.2, 0.25) is 0 Å². The molecule has 3 saturated heterocycles. The molecule has 3 rings (SSSR count). The summed E-state index contributed by atoms with van der Waals surface area (Å²) in [4.78, 5) is 2.71. The molecule has 2 N–H and O–H groups in total. The molecule has 0 amide bonds. The quantitative estimate of drug-likeness (QED) is 0.746. The summed E-state index contributed by atoms with van der Waals surface area (Å²) < 4.78 is 0. The minimum atomic E-state index is 0.748. The molecule has 92 valence electrons. The fourth-order valence-electron chi connectivity index (χ4n) is 3.71. The summed E-state index contributed by atoms with van der Waals surface area (Å²) in [6, 6.07) is 2.38. The SMILES string of the molecule is C1CNC(CNC2CCN3CCCCC23)C1. The number of rotatable bonds is 3. The van der Waals surface area contributed by atoms with Gasteiger partial charge in [0.05, 0.1) is 0 Å². The Labute approximate surface area is 99.0 Å². The van der Waals surface area contributed by atoms with E-state index in [-0.39, 0.29) is 0 Å². The third-order valence-electron chi connectivity index (χ3n) is 4.64. The molecule has 3 aliphatic heterocycles. The first kappa shape index (κ1) is 11.0. The van der Waals surface area contributed by atoms with Crippen LogP contribution in [-0.4, -0.2) is 49.2 Å². The van der Waals surface area contributed by atoms with E-state index < -0.39 is 0 Å². The second-order valence-corrected chi connectivity index (χ2v) is 5.70.